The molecule has 0 fully saturated rings. The highest BCUT2D eigenvalue weighted by Gasteiger charge is 2.46. The number of hydrogen-bond donors (Lipinski definition) is 1. The highest BCUT2D eigenvalue weighted by Crippen LogP contribution is 2.36. The van der Waals surface area contributed by atoms with Gasteiger partial charge in [-0.1, -0.05) is 23.8 Å². The topological polar surface area (TPSA) is 96.6 Å². The molecule has 4 rings (SSSR count). The molecule has 37 heavy (non-hydrogen) atoms. The molecule has 2 aromatic rings. The largest absolute Gasteiger partial charge is 0.490 e. The summed E-state index contributed by atoms with van der Waals surface area (Å²) in [6.07, 6.45) is -3.35. The van der Waals surface area contributed by atoms with Crippen molar-refractivity contribution < 1.29 is 32.2 Å². The molecule has 0 aliphatic carbocycles. The summed E-state index contributed by atoms with van der Waals surface area (Å²) in [7, 11) is 0. The summed E-state index contributed by atoms with van der Waals surface area (Å²) in [6.45, 7) is 6.68. The number of carbonyl (C=O) groups is 1. The van der Waals surface area contributed by atoms with Crippen molar-refractivity contribution in [3.8, 4) is 17.2 Å². The monoisotopic (exact) mass is 532 g/mol. The van der Waals surface area contributed by atoms with E-state index in [1.165, 1.54) is 6.08 Å². The van der Waals surface area contributed by atoms with Crippen molar-refractivity contribution in [2.24, 2.45) is 10.1 Å². The Morgan fingerprint density at radius 3 is 2.41 bits per heavy atom. The van der Waals surface area contributed by atoms with Crippen LogP contribution >= 0.6 is 11.8 Å². The molecule has 2 aliphatic heterocycles. The average molecular weight is 533 g/mol. The summed E-state index contributed by atoms with van der Waals surface area (Å²) in [6, 6.07) is 10.8. The van der Waals surface area contributed by atoms with Crippen LogP contribution in [0.2, 0.25) is 0 Å². The number of rotatable bonds is 8. The van der Waals surface area contributed by atoms with Crippen LogP contribution in [0.1, 0.15) is 23.6 Å². The normalized spacial score (nSPS) is 16.5. The van der Waals surface area contributed by atoms with Gasteiger partial charge in [0.2, 0.25) is 10.2 Å². The van der Waals surface area contributed by atoms with E-state index in [4.69, 9.17) is 19.6 Å². The van der Waals surface area contributed by atoms with E-state index in [2.05, 4.69) is 10.1 Å². The Morgan fingerprint density at radius 2 is 1.73 bits per heavy atom. The molecule has 0 unspecified atom stereocenters. The molecule has 12 heteroatoms. The van der Waals surface area contributed by atoms with Crippen molar-refractivity contribution in [1.29, 1.82) is 5.41 Å². The predicted octanol–water partition coefficient (Wildman–Crippen LogP) is 5.34. The Labute approximate surface area is 215 Å². The van der Waals surface area contributed by atoms with Crippen molar-refractivity contribution in [3.05, 3.63) is 58.7 Å². The standard InChI is InChI=1S/C25H23F3N4O4S/c1-4-34-20-13-16(6-8-19(20)36-10-9-35-18-7-5-14(2)11-15(18)3)12-17-21(29)32-24(30-22(17)33)37-23(31-32)25(26,27)28/h5-8,11-13,29H,4,9-10H2,1-3H3. The number of hydrazone groups is 1. The third-order valence-electron chi connectivity index (χ3n) is 5.20. The second-order valence-electron chi connectivity index (χ2n) is 8.03. The third-order valence-corrected chi connectivity index (χ3v) is 6.16. The number of aryl methyl sites for hydroxylation is 2. The molecule has 0 spiro atoms. The second kappa shape index (κ2) is 10.7. The summed E-state index contributed by atoms with van der Waals surface area (Å²) >= 11 is 0.203. The van der Waals surface area contributed by atoms with Gasteiger partial charge in [0, 0.05) is 0 Å². The fourth-order valence-electron chi connectivity index (χ4n) is 3.54. The van der Waals surface area contributed by atoms with Crippen LogP contribution in [0.5, 0.6) is 17.2 Å². The molecular weight excluding hydrogens is 509 g/mol. The number of amidine groups is 2. The molecule has 2 heterocycles. The fraction of sp³-hybridized carbons (Fsp3) is 0.280. The zero-order chi connectivity index (χ0) is 26.7. The first kappa shape index (κ1) is 26.3. The molecule has 0 aromatic heterocycles. The third kappa shape index (κ3) is 5.96. The zero-order valence-electron chi connectivity index (χ0n) is 20.2. The Hall–Kier alpha value is -3.80. The van der Waals surface area contributed by atoms with E-state index in [0.29, 0.717) is 35.3 Å². The minimum atomic E-state index is -4.70. The lowest BCUT2D eigenvalue weighted by molar-refractivity contribution is -0.114. The first-order valence-electron chi connectivity index (χ1n) is 11.2. The second-order valence-corrected chi connectivity index (χ2v) is 8.98. The number of alkyl halides is 3. The van der Waals surface area contributed by atoms with Gasteiger partial charge in [-0.2, -0.15) is 28.3 Å². The lowest BCUT2D eigenvalue weighted by Gasteiger charge is -2.20. The molecule has 0 bridgehead atoms. The number of nitrogens with zero attached hydrogens (tertiary/aromatic N) is 3. The summed E-state index contributed by atoms with van der Waals surface area (Å²) in [5, 5.41) is 10.9. The highest BCUT2D eigenvalue weighted by atomic mass is 32.2. The fourth-order valence-corrected chi connectivity index (χ4v) is 4.30. The average Bonchev–Trinajstić information content (AvgIpc) is 3.27. The quantitative estimate of drug-likeness (QED) is 0.364. The van der Waals surface area contributed by atoms with Gasteiger partial charge in [-0.25, -0.2) is 0 Å². The van der Waals surface area contributed by atoms with Crippen molar-refractivity contribution in [1.82, 2.24) is 5.01 Å². The van der Waals surface area contributed by atoms with Crippen molar-refractivity contribution in [3.63, 3.8) is 0 Å². The molecule has 0 atom stereocenters. The van der Waals surface area contributed by atoms with Crippen LogP contribution in [-0.4, -0.2) is 53.0 Å². The van der Waals surface area contributed by atoms with E-state index in [9.17, 15) is 18.0 Å². The number of benzene rings is 2. The van der Waals surface area contributed by atoms with E-state index in [0.717, 1.165) is 16.9 Å². The lowest BCUT2D eigenvalue weighted by atomic mass is 10.1. The maximum atomic E-state index is 13.0. The number of ether oxygens (including phenoxy) is 3. The number of carbonyl (C=O) groups excluding carboxylic acids is 1. The minimum absolute atomic E-state index is 0.200. The number of nitrogens with one attached hydrogen (secondary N) is 1. The number of amides is 1. The molecule has 194 valence electrons. The Kier molecular flexibility index (Phi) is 7.58. The number of halogens is 3. The van der Waals surface area contributed by atoms with E-state index in [-0.39, 0.29) is 29.1 Å². The van der Waals surface area contributed by atoms with Gasteiger partial charge in [0.05, 0.1) is 12.2 Å². The molecular formula is C25H23F3N4O4S. The van der Waals surface area contributed by atoms with Crippen LogP contribution in [0.4, 0.5) is 13.2 Å². The van der Waals surface area contributed by atoms with Crippen LogP contribution in [0, 0.1) is 19.3 Å². The van der Waals surface area contributed by atoms with Gasteiger partial charge in [-0.05, 0) is 67.9 Å². The van der Waals surface area contributed by atoms with Gasteiger partial charge in [0.1, 0.15) is 19.0 Å². The molecule has 1 amide bonds. The maximum Gasteiger partial charge on any atom is 0.441 e. The van der Waals surface area contributed by atoms with Crippen LogP contribution in [0.15, 0.2) is 52.1 Å². The zero-order valence-corrected chi connectivity index (χ0v) is 21.0. The molecule has 2 aliphatic rings. The minimum Gasteiger partial charge on any atom is -0.490 e. The summed E-state index contributed by atoms with van der Waals surface area (Å²) in [5.41, 5.74) is 2.45. The summed E-state index contributed by atoms with van der Waals surface area (Å²) < 4.78 is 56.3. The highest BCUT2D eigenvalue weighted by molar-refractivity contribution is 8.27. The van der Waals surface area contributed by atoms with Crippen LogP contribution < -0.4 is 14.2 Å². The number of hydrogen-bond acceptors (Lipinski definition) is 7. The molecule has 0 saturated carbocycles. The van der Waals surface area contributed by atoms with E-state index in [1.54, 1.807) is 25.1 Å². The van der Waals surface area contributed by atoms with Gasteiger partial charge in [0.15, 0.2) is 17.3 Å². The van der Waals surface area contributed by atoms with Gasteiger partial charge in [-0.3, -0.25) is 10.2 Å². The number of aliphatic imine (C=N–C) groups is 1. The van der Waals surface area contributed by atoms with E-state index in [1.807, 2.05) is 32.0 Å². The predicted molar refractivity (Wildman–Crippen MR) is 136 cm³/mol. The van der Waals surface area contributed by atoms with Gasteiger partial charge in [-0.15, -0.1) is 0 Å². The SMILES string of the molecule is CCOc1cc(C=C2C(=N)N3N=C(C(F)(F)F)SC3=NC2=O)ccc1OCCOc1ccc(C)cc1C. The lowest BCUT2D eigenvalue weighted by Crippen LogP contribution is -2.35. The van der Waals surface area contributed by atoms with Crippen molar-refractivity contribution in [2.45, 2.75) is 26.9 Å². The van der Waals surface area contributed by atoms with Crippen molar-refractivity contribution in [2.75, 3.05) is 19.8 Å². The van der Waals surface area contributed by atoms with Crippen molar-refractivity contribution >= 4 is 39.8 Å². The Balaban J connectivity index is 1.48. The molecule has 0 radical (unpaired) electrons. The van der Waals surface area contributed by atoms with E-state index < -0.39 is 23.0 Å². The molecule has 0 saturated heterocycles. The molecule has 2 aromatic carbocycles. The Morgan fingerprint density at radius 1 is 1.03 bits per heavy atom. The van der Waals surface area contributed by atoms with Crippen LogP contribution in [0.3, 0.4) is 0 Å². The van der Waals surface area contributed by atoms with Gasteiger partial charge in [0.25, 0.3) is 5.91 Å². The van der Waals surface area contributed by atoms with Gasteiger partial charge >= 0.3 is 6.18 Å². The first-order valence-corrected chi connectivity index (χ1v) is 12.1. The summed E-state index contributed by atoms with van der Waals surface area (Å²) in [5.74, 6) is 0.299. The number of fused-ring (bicyclic) bond motifs is 1. The smallest absolute Gasteiger partial charge is 0.441 e. The van der Waals surface area contributed by atoms with Gasteiger partial charge < -0.3 is 14.2 Å². The molecule has 8 nitrogen and oxygen atoms in total. The van der Waals surface area contributed by atoms with Crippen LogP contribution in [-0.2, 0) is 4.79 Å². The first-order chi connectivity index (χ1) is 17.6. The number of thioether (sulfide) groups is 1. The van der Waals surface area contributed by atoms with Crippen LogP contribution in [0.25, 0.3) is 6.08 Å². The summed E-state index contributed by atoms with van der Waals surface area (Å²) in [4.78, 5) is 16.2. The Bertz CT molecular complexity index is 1340. The maximum absolute atomic E-state index is 13.0. The van der Waals surface area contributed by atoms with E-state index >= 15 is 0 Å². The molecule has 1 N–H and O–H groups in total.